The van der Waals surface area contributed by atoms with Crippen LogP contribution in [0.25, 0.3) is 17.3 Å². The highest BCUT2D eigenvalue weighted by Crippen LogP contribution is 2.33. The maximum Gasteiger partial charge on any atom is 0.161 e. The van der Waals surface area contributed by atoms with Gasteiger partial charge in [-0.15, -0.1) is 0 Å². The Morgan fingerprint density at radius 1 is 1.00 bits per heavy atom. The predicted molar refractivity (Wildman–Crippen MR) is 96.7 cm³/mol. The maximum absolute atomic E-state index is 5.41. The SMILES string of the molecule is CC=Cc1nc(-c2ccc(OC)c(OC)c2)cc(N2CCCC2)n1. The van der Waals surface area contributed by atoms with E-state index in [2.05, 4.69) is 20.9 Å². The van der Waals surface area contributed by atoms with Crippen LogP contribution >= 0.6 is 0 Å². The van der Waals surface area contributed by atoms with Crippen molar-refractivity contribution in [2.75, 3.05) is 32.2 Å². The van der Waals surface area contributed by atoms with Gasteiger partial charge in [-0.25, -0.2) is 9.97 Å². The number of ether oxygens (including phenoxy) is 2. The minimum absolute atomic E-state index is 0.698. The van der Waals surface area contributed by atoms with E-state index in [9.17, 15) is 0 Å². The lowest BCUT2D eigenvalue weighted by Crippen LogP contribution is -2.19. The summed E-state index contributed by atoms with van der Waals surface area (Å²) in [4.78, 5) is 11.7. The molecular formula is C19H23N3O2. The quantitative estimate of drug-likeness (QED) is 0.837. The second-order valence-corrected chi connectivity index (χ2v) is 5.73. The molecule has 2 aromatic rings. The zero-order chi connectivity index (χ0) is 16.9. The highest BCUT2D eigenvalue weighted by Gasteiger charge is 2.16. The number of benzene rings is 1. The van der Waals surface area contributed by atoms with E-state index in [1.807, 2.05) is 37.3 Å². The van der Waals surface area contributed by atoms with Gasteiger partial charge in [0.05, 0.1) is 19.9 Å². The molecular weight excluding hydrogens is 302 g/mol. The Morgan fingerprint density at radius 3 is 2.42 bits per heavy atom. The normalized spacial score (nSPS) is 14.4. The highest BCUT2D eigenvalue weighted by atomic mass is 16.5. The summed E-state index contributed by atoms with van der Waals surface area (Å²) in [6, 6.07) is 7.91. The van der Waals surface area contributed by atoms with E-state index in [-0.39, 0.29) is 0 Å². The van der Waals surface area contributed by atoms with Crippen LogP contribution in [0.4, 0.5) is 5.82 Å². The third-order valence-corrected chi connectivity index (χ3v) is 4.16. The molecule has 0 aliphatic carbocycles. The standard InChI is InChI=1S/C19H23N3O2/c1-4-7-18-20-15(13-19(21-18)22-10-5-6-11-22)14-8-9-16(23-2)17(12-14)24-3/h4,7-9,12-13H,5-6,10-11H2,1-3H3. The number of hydrogen-bond acceptors (Lipinski definition) is 5. The molecule has 0 saturated carbocycles. The Kier molecular flexibility index (Phi) is 4.99. The van der Waals surface area contributed by atoms with Crippen molar-refractivity contribution in [3.8, 4) is 22.8 Å². The molecule has 0 bridgehead atoms. The molecule has 1 aliphatic heterocycles. The van der Waals surface area contributed by atoms with Crippen molar-refractivity contribution in [1.29, 1.82) is 0 Å². The smallest absolute Gasteiger partial charge is 0.161 e. The molecule has 0 amide bonds. The van der Waals surface area contributed by atoms with Crippen molar-refractivity contribution in [2.45, 2.75) is 19.8 Å². The fourth-order valence-corrected chi connectivity index (χ4v) is 2.93. The van der Waals surface area contributed by atoms with Gasteiger partial charge in [-0.05, 0) is 44.0 Å². The Hall–Kier alpha value is -2.56. The number of anilines is 1. The fourth-order valence-electron chi connectivity index (χ4n) is 2.93. The second kappa shape index (κ2) is 7.34. The Bertz CT molecular complexity index is 737. The van der Waals surface area contributed by atoms with Crippen LogP contribution in [-0.2, 0) is 0 Å². The Labute approximate surface area is 143 Å². The first-order valence-electron chi connectivity index (χ1n) is 8.24. The molecule has 126 valence electrons. The molecule has 0 unspecified atom stereocenters. The topological polar surface area (TPSA) is 47.5 Å². The van der Waals surface area contributed by atoms with Crippen molar-refractivity contribution in [1.82, 2.24) is 9.97 Å². The van der Waals surface area contributed by atoms with Crippen LogP contribution in [0, 0.1) is 0 Å². The van der Waals surface area contributed by atoms with Gasteiger partial charge in [-0.3, -0.25) is 0 Å². The van der Waals surface area contributed by atoms with E-state index < -0.39 is 0 Å². The van der Waals surface area contributed by atoms with Crippen molar-refractivity contribution in [2.24, 2.45) is 0 Å². The molecule has 2 heterocycles. The minimum Gasteiger partial charge on any atom is -0.493 e. The van der Waals surface area contributed by atoms with Gasteiger partial charge in [-0.1, -0.05) is 6.08 Å². The van der Waals surface area contributed by atoms with Gasteiger partial charge < -0.3 is 14.4 Å². The molecule has 0 N–H and O–H groups in total. The van der Waals surface area contributed by atoms with Gasteiger partial charge in [0.2, 0.25) is 0 Å². The first-order chi connectivity index (χ1) is 11.7. The molecule has 1 fully saturated rings. The van der Waals surface area contributed by atoms with Crippen LogP contribution in [0.5, 0.6) is 11.5 Å². The van der Waals surface area contributed by atoms with Crippen LogP contribution in [0.3, 0.4) is 0 Å². The van der Waals surface area contributed by atoms with Crippen molar-refractivity contribution >= 4 is 11.9 Å². The molecule has 5 heteroatoms. The molecule has 24 heavy (non-hydrogen) atoms. The fraction of sp³-hybridized carbons (Fsp3) is 0.368. The molecule has 5 nitrogen and oxygen atoms in total. The molecule has 1 aromatic heterocycles. The van der Waals surface area contributed by atoms with Crippen LogP contribution < -0.4 is 14.4 Å². The van der Waals surface area contributed by atoms with Gasteiger partial charge in [0.15, 0.2) is 17.3 Å². The number of rotatable bonds is 5. The lowest BCUT2D eigenvalue weighted by Gasteiger charge is -2.18. The summed E-state index contributed by atoms with van der Waals surface area (Å²) in [5, 5.41) is 0. The predicted octanol–water partition coefficient (Wildman–Crippen LogP) is 3.79. The van der Waals surface area contributed by atoms with Crippen LogP contribution in [0.2, 0.25) is 0 Å². The Balaban J connectivity index is 2.05. The number of nitrogens with zero attached hydrogens (tertiary/aromatic N) is 3. The summed E-state index contributed by atoms with van der Waals surface area (Å²) in [6.07, 6.45) is 6.33. The summed E-state index contributed by atoms with van der Waals surface area (Å²) < 4.78 is 10.7. The maximum atomic E-state index is 5.41. The van der Waals surface area contributed by atoms with E-state index in [1.54, 1.807) is 14.2 Å². The average molecular weight is 325 g/mol. The summed E-state index contributed by atoms with van der Waals surface area (Å²) in [5.74, 6) is 3.12. The highest BCUT2D eigenvalue weighted by molar-refractivity contribution is 5.68. The molecule has 0 atom stereocenters. The lowest BCUT2D eigenvalue weighted by atomic mass is 10.1. The first-order valence-corrected chi connectivity index (χ1v) is 8.24. The zero-order valence-corrected chi connectivity index (χ0v) is 14.5. The molecule has 1 aliphatic rings. The largest absolute Gasteiger partial charge is 0.493 e. The monoisotopic (exact) mass is 325 g/mol. The summed E-state index contributed by atoms with van der Waals surface area (Å²) in [7, 11) is 3.28. The molecule has 0 radical (unpaired) electrons. The van der Waals surface area contributed by atoms with Gasteiger partial charge in [0.25, 0.3) is 0 Å². The third-order valence-electron chi connectivity index (χ3n) is 4.16. The summed E-state index contributed by atoms with van der Waals surface area (Å²) in [5.41, 5.74) is 1.88. The van der Waals surface area contributed by atoms with E-state index in [0.29, 0.717) is 11.5 Å². The van der Waals surface area contributed by atoms with Crippen LogP contribution in [0.1, 0.15) is 25.6 Å². The van der Waals surface area contributed by atoms with Gasteiger partial charge in [-0.2, -0.15) is 0 Å². The van der Waals surface area contributed by atoms with Gasteiger partial charge in [0.1, 0.15) is 5.82 Å². The zero-order valence-electron chi connectivity index (χ0n) is 14.5. The molecule has 1 saturated heterocycles. The number of aromatic nitrogens is 2. The molecule has 0 spiro atoms. The van der Waals surface area contributed by atoms with Crippen molar-refractivity contribution in [3.63, 3.8) is 0 Å². The third kappa shape index (κ3) is 3.35. The van der Waals surface area contributed by atoms with Gasteiger partial charge >= 0.3 is 0 Å². The number of allylic oxidation sites excluding steroid dienone is 1. The Morgan fingerprint density at radius 2 is 1.75 bits per heavy atom. The van der Waals surface area contributed by atoms with E-state index >= 15 is 0 Å². The minimum atomic E-state index is 0.698. The van der Waals surface area contributed by atoms with Crippen LogP contribution in [0.15, 0.2) is 30.3 Å². The molecule has 1 aromatic carbocycles. The second-order valence-electron chi connectivity index (χ2n) is 5.73. The lowest BCUT2D eigenvalue weighted by molar-refractivity contribution is 0.355. The van der Waals surface area contributed by atoms with Crippen LogP contribution in [-0.4, -0.2) is 37.3 Å². The summed E-state index contributed by atoms with van der Waals surface area (Å²) in [6.45, 7) is 4.08. The van der Waals surface area contributed by atoms with E-state index in [4.69, 9.17) is 9.47 Å². The van der Waals surface area contributed by atoms with Crippen molar-refractivity contribution < 1.29 is 9.47 Å². The molecule has 3 rings (SSSR count). The van der Waals surface area contributed by atoms with Gasteiger partial charge in [0, 0.05) is 24.7 Å². The first kappa shape index (κ1) is 16.3. The van der Waals surface area contributed by atoms with E-state index in [1.165, 1.54) is 12.8 Å². The average Bonchev–Trinajstić information content (AvgIpc) is 3.16. The van der Waals surface area contributed by atoms with Crippen molar-refractivity contribution in [3.05, 3.63) is 36.2 Å². The summed E-state index contributed by atoms with van der Waals surface area (Å²) >= 11 is 0. The number of methoxy groups -OCH3 is 2. The van der Waals surface area contributed by atoms with E-state index in [0.717, 1.165) is 36.0 Å². The number of hydrogen-bond donors (Lipinski definition) is 0.